The Kier molecular flexibility index (Phi) is 10.2. The van der Waals surface area contributed by atoms with Gasteiger partial charge in [0.05, 0.1) is 7.11 Å². The van der Waals surface area contributed by atoms with Gasteiger partial charge in [-0.2, -0.15) is 0 Å². The summed E-state index contributed by atoms with van der Waals surface area (Å²) in [4.78, 5) is 28.8. The van der Waals surface area contributed by atoms with Gasteiger partial charge in [0, 0.05) is 34.7 Å². The molecule has 2 rings (SSSR count). The summed E-state index contributed by atoms with van der Waals surface area (Å²) in [5.41, 5.74) is 0.925. The second-order valence-corrected chi connectivity index (χ2v) is 9.12. The first kappa shape index (κ1) is 25.1. The van der Waals surface area contributed by atoms with E-state index in [0.717, 1.165) is 16.2 Å². The van der Waals surface area contributed by atoms with Crippen LogP contribution in [-0.2, 0) is 16.1 Å². The van der Waals surface area contributed by atoms with Crippen molar-refractivity contribution in [3.8, 4) is 5.75 Å². The molecular weight excluding hydrogens is 432 g/mol. The summed E-state index contributed by atoms with van der Waals surface area (Å²) >= 11 is 7.53. The lowest BCUT2D eigenvalue weighted by molar-refractivity contribution is -0.141. The number of benzene rings is 2. The van der Waals surface area contributed by atoms with Gasteiger partial charge in [-0.3, -0.25) is 9.59 Å². The predicted octanol–water partition coefficient (Wildman–Crippen LogP) is 5.16. The molecule has 0 saturated heterocycles. The fraction of sp³-hybridized carbons (Fsp3) is 0.417. The van der Waals surface area contributed by atoms with Gasteiger partial charge in [0.1, 0.15) is 11.8 Å². The number of hydrogen-bond acceptors (Lipinski definition) is 4. The van der Waals surface area contributed by atoms with Crippen LogP contribution in [-0.4, -0.2) is 41.7 Å². The van der Waals surface area contributed by atoms with Crippen LogP contribution in [0.25, 0.3) is 0 Å². The Morgan fingerprint density at radius 2 is 1.87 bits per heavy atom. The highest BCUT2D eigenvalue weighted by Crippen LogP contribution is 2.23. The average molecular weight is 463 g/mol. The van der Waals surface area contributed by atoms with Gasteiger partial charge in [-0.05, 0) is 62.2 Å². The van der Waals surface area contributed by atoms with Crippen LogP contribution in [0, 0.1) is 0 Å². The number of amides is 2. The number of rotatable bonds is 11. The van der Waals surface area contributed by atoms with E-state index in [1.807, 2.05) is 69.3 Å². The minimum Gasteiger partial charge on any atom is -0.497 e. The van der Waals surface area contributed by atoms with Gasteiger partial charge in [-0.25, -0.2) is 0 Å². The van der Waals surface area contributed by atoms with Crippen LogP contribution in [0.1, 0.15) is 39.2 Å². The number of carbonyl (C=O) groups excluding carboxylic acids is 2. The van der Waals surface area contributed by atoms with Crippen LogP contribution in [0.2, 0.25) is 5.02 Å². The Morgan fingerprint density at radius 3 is 2.48 bits per heavy atom. The maximum Gasteiger partial charge on any atom is 0.243 e. The van der Waals surface area contributed by atoms with Crippen molar-refractivity contribution in [3.63, 3.8) is 0 Å². The zero-order chi connectivity index (χ0) is 22.8. The van der Waals surface area contributed by atoms with E-state index in [0.29, 0.717) is 30.2 Å². The molecule has 0 aliphatic carbocycles. The van der Waals surface area contributed by atoms with E-state index in [-0.39, 0.29) is 17.9 Å². The second kappa shape index (κ2) is 12.6. The third kappa shape index (κ3) is 8.11. The van der Waals surface area contributed by atoms with Crippen LogP contribution in [0.4, 0.5) is 0 Å². The molecule has 0 saturated carbocycles. The molecule has 1 N–H and O–H groups in total. The minimum atomic E-state index is -0.526. The molecule has 0 unspecified atom stereocenters. The molecule has 168 valence electrons. The average Bonchev–Trinajstić information content (AvgIpc) is 2.74. The van der Waals surface area contributed by atoms with Crippen molar-refractivity contribution in [2.45, 2.75) is 57.1 Å². The Balaban J connectivity index is 2.14. The summed E-state index contributed by atoms with van der Waals surface area (Å²) in [6.45, 7) is 6.12. The van der Waals surface area contributed by atoms with Crippen molar-refractivity contribution in [2.75, 3.05) is 12.9 Å². The SMILES string of the molecule is CC[C@@H](C(=O)NC(C)C)N(Cc1cccc(OC)c1)C(=O)CCSc1ccc(Cl)cc1. The molecule has 0 spiro atoms. The zero-order valence-corrected chi connectivity index (χ0v) is 20.1. The number of nitrogens with one attached hydrogen (secondary N) is 1. The highest BCUT2D eigenvalue weighted by molar-refractivity contribution is 7.99. The Bertz CT molecular complexity index is 858. The van der Waals surface area contributed by atoms with Crippen molar-refractivity contribution in [3.05, 3.63) is 59.1 Å². The molecule has 31 heavy (non-hydrogen) atoms. The lowest BCUT2D eigenvalue weighted by Crippen LogP contribution is -2.50. The maximum atomic E-state index is 13.2. The molecule has 0 aliphatic heterocycles. The number of halogens is 1. The molecule has 7 heteroatoms. The number of ether oxygens (including phenoxy) is 1. The summed E-state index contributed by atoms with van der Waals surface area (Å²) in [5.74, 6) is 1.18. The third-order valence-electron chi connectivity index (χ3n) is 4.70. The molecule has 5 nitrogen and oxygen atoms in total. The quantitative estimate of drug-likeness (QED) is 0.468. The van der Waals surface area contributed by atoms with Crippen molar-refractivity contribution in [1.82, 2.24) is 10.2 Å². The highest BCUT2D eigenvalue weighted by atomic mass is 35.5. The first-order chi connectivity index (χ1) is 14.8. The summed E-state index contributed by atoms with van der Waals surface area (Å²) in [6, 6.07) is 14.6. The number of methoxy groups -OCH3 is 1. The summed E-state index contributed by atoms with van der Waals surface area (Å²) in [7, 11) is 1.61. The monoisotopic (exact) mass is 462 g/mol. The van der Waals surface area contributed by atoms with Crippen LogP contribution in [0.15, 0.2) is 53.4 Å². The fourth-order valence-corrected chi connectivity index (χ4v) is 4.17. The lowest BCUT2D eigenvalue weighted by Gasteiger charge is -2.31. The van der Waals surface area contributed by atoms with Crippen LogP contribution in [0.3, 0.4) is 0 Å². The Morgan fingerprint density at radius 1 is 1.16 bits per heavy atom. The molecular formula is C24H31ClN2O3S. The lowest BCUT2D eigenvalue weighted by atomic mass is 10.1. The van der Waals surface area contributed by atoms with Crippen molar-refractivity contribution >= 4 is 35.2 Å². The van der Waals surface area contributed by atoms with Gasteiger partial charge >= 0.3 is 0 Å². The number of thioether (sulfide) groups is 1. The molecule has 1 atom stereocenters. The van der Waals surface area contributed by atoms with E-state index in [2.05, 4.69) is 5.32 Å². The molecule has 0 bridgehead atoms. The molecule has 0 aliphatic rings. The van der Waals surface area contributed by atoms with E-state index < -0.39 is 6.04 Å². The standard InChI is InChI=1S/C24H31ClN2O3S/c1-5-22(24(29)26-17(2)3)27(16-18-7-6-8-20(15-18)30-4)23(28)13-14-31-21-11-9-19(25)10-12-21/h6-12,15,17,22H,5,13-14,16H2,1-4H3,(H,26,29)/t22-/m0/s1. The van der Waals surface area contributed by atoms with Gasteiger partial charge < -0.3 is 15.0 Å². The fourth-order valence-electron chi connectivity index (χ4n) is 3.20. The molecule has 2 aromatic rings. The maximum absolute atomic E-state index is 13.2. The smallest absolute Gasteiger partial charge is 0.243 e. The van der Waals surface area contributed by atoms with E-state index in [1.54, 1.807) is 23.8 Å². The topological polar surface area (TPSA) is 58.6 Å². The first-order valence-electron chi connectivity index (χ1n) is 10.4. The van der Waals surface area contributed by atoms with Crippen LogP contribution >= 0.6 is 23.4 Å². The molecule has 2 amide bonds. The zero-order valence-electron chi connectivity index (χ0n) is 18.6. The van der Waals surface area contributed by atoms with E-state index in [4.69, 9.17) is 16.3 Å². The van der Waals surface area contributed by atoms with Gasteiger partial charge in [0.25, 0.3) is 0 Å². The molecule has 0 radical (unpaired) electrons. The molecule has 2 aromatic carbocycles. The van der Waals surface area contributed by atoms with Crippen molar-refractivity contribution in [1.29, 1.82) is 0 Å². The van der Waals surface area contributed by atoms with Crippen LogP contribution in [0.5, 0.6) is 5.75 Å². The van der Waals surface area contributed by atoms with Gasteiger partial charge in [-0.1, -0.05) is 30.7 Å². The minimum absolute atomic E-state index is 0.00998. The van der Waals surface area contributed by atoms with Gasteiger partial charge in [0.2, 0.25) is 11.8 Å². The summed E-state index contributed by atoms with van der Waals surface area (Å²) in [6.07, 6.45) is 0.876. The molecule has 0 aromatic heterocycles. The van der Waals surface area contributed by atoms with Crippen molar-refractivity contribution in [2.24, 2.45) is 0 Å². The number of hydrogen-bond donors (Lipinski definition) is 1. The predicted molar refractivity (Wildman–Crippen MR) is 128 cm³/mol. The van der Waals surface area contributed by atoms with Crippen LogP contribution < -0.4 is 10.1 Å². The van der Waals surface area contributed by atoms with E-state index in [1.165, 1.54) is 0 Å². The Hall–Kier alpha value is -2.18. The molecule has 0 fully saturated rings. The van der Waals surface area contributed by atoms with E-state index >= 15 is 0 Å². The first-order valence-corrected chi connectivity index (χ1v) is 11.8. The third-order valence-corrected chi connectivity index (χ3v) is 5.97. The Labute approximate surface area is 194 Å². The summed E-state index contributed by atoms with van der Waals surface area (Å²) in [5, 5.41) is 3.64. The van der Waals surface area contributed by atoms with E-state index in [9.17, 15) is 9.59 Å². The normalized spacial score (nSPS) is 11.8. The second-order valence-electron chi connectivity index (χ2n) is 7.51. The number of carbonyl (C=O) groups is 2. The van der Waals surface area contributed by atoms with Crippen molar-refractivity contribution < 1.29 is 14.3 Å². The largest absolute Gasteiger partial charge is 0.497 e. The van der Waals surface area contributed by atoms with Gasteiger partial charge in [-0.15, -0.1) is 11.8 Å². The summed E-state index contributed by atoms with van der Waals surface area (Å²) < 4.78 is 5.31. The van der Waals surface area contributed by atoms with Gasteiger partial charge in [0.15, 0.2) is 0 Å². The highest BCUT2D eigenvalue weighted by Gasteiger charge is 2.28. The molecule has 0 heterocycles. The number of nitrogens with zero attached hydrogens (tertiary/aromatic N) is 1.